The largest absolute Gasteiger partial charge is 0.330 e. The molecule has 0 aromatic heterocycles. The Bertz CT molecular complexity index is 619. The lowest BCUT2D eigenvalue weighted by molar-refractivity contribution is -0.116. The summed E-state index contributed by atoms with van der Waals surface area (Å²) in [7, 11) is -3.65. The molecule has 0 saturated heterocycles. The first kappa shape index (κ1) is 17.6. The summed E-state index contributed by atoms with van der Waals surface area (Å²) in [5, 5.41) is 2.63. The van der Waals surface area contributed by atoms with Crippen LogP contribution in [-0.4, -0.2) is 26.4 Å². The van der Waals surface area contributed by atoms with Crippen LogP contribution in [0.4, 0.5) is 5.69 Å². The third-order valence-corrected chi connectivity index (χ3v) is 4.47. The number of hydrogen-bond donors (Lipinski definition) is 3. The number of sulfonamides is 1. The summed E-state index contributed by atoms with van der Waals surface area (Å²) >= 11 is 0. The van der Waals surface area contributed by atoms with Crippen molar-refractivity contribution in [2.24, 2.45) is 5.73 Å². The standard InChI is InChI=1S/C14H23N3O3S/c1-10-5-6-11(16-13(18)7-8-15)9-12(10)21(19,20)17-14(2,3)4/h5-6,9,17H,7-8,15H2,1-4H3,(H,16,18). The highest BCUT2D eigenvalue weighted by atomic mass is 32.2. The highest BCUT2D eigenvalue weighted by Gasteiger charge is 2.23. The van der Waals surface area contributed by atoms with E-state index in [1.165, 1.54) is 6.07 Å². The van der Waals surface area contributed by atoms with Gasteiger partial charge in [0.05, 0.1) is 4.90 Å². The molecule has 0 radical (unpaired) electrons. The predicted molar refractivity (Wildman–Crippen MR) is 83.6 cm³/mol. The first-order chi connectivity index (χ1) is 9.55. The van der Waals surface area contributed by atoms with Crippen LogP contribution < -0.4 is 15.8 Å². The molecule has 118 valence electrons. The second-order valence-electron chi connectivity index (χ2n) is 5.92. The van der Waals surface area contributed by atoms with E-state index in [0.29, 0.717) is 11.3 Å². The Balaban J connectivity index is 3.10. The number of hydrogen-bond acceptors (Lipinski definition) is 4. The zero-order chi connectivity index (χ0) is 16.3. The van der Waals surface area contributed by atoms with Crippen LogP contribution in [0.3, 0.4) is 0 Å². The number of rotatable bonds is 5. The molecule has 0 saturated carbocycles. The summed E-state index contributed by atoms with van der Waals surface area (Å²) in [5.41, 5.74) is 5.78. The number of anilines is 1. The molecule has 0 atom stereocenters. The lowest BCUT2D eigenvalue weighted by Gasteiger charge is -2.21. The average molecular weight is 313 g/mol. The molecule has 0 aliphatic carbocycles. The van der Waals surface area contributed by atoms with Crippen LogP contribution in [0.15, 0.2) is 23.1 Å². The van der Waals surface area contributed by atoms with Crippen molar-refractivity contribution in [2.45, 2.75) is 44.6 Å². The SMILES string of the molecule is Cc1ccc(NC(=O)CCN)cc1S(=O)(=O)NC(C)(C)C. The molecule has 7 heteroatoms. The predicted octanol–water partition coefficient (Wildman–Crippen LogP) is 1.36. The topological polar surface area (TPSA) is 101 Å². The van der Waals surface area contributed by atoms with Crippen molar-refractivity contribution in [3.63, 3.8) is 0 Å². The van der Waals surface area contributed by atoms with Crippen LogP contribution in [0.5, 0.6) is 0 Å². The minimum absolute atomic E-state index is 0.156. The van der Waals surface area contributed by atoms with E-state index in [0.717, 1.165) is 0 Å². The number of carbonyl (C=O) groups excluding carboxylic acids is 1. The molecule has 0 unspecified atom stereocenters. The van der Waals surface area contributed by atoms with Crippen molar-refractivity contribution in [2.75, 3.05) is 11.9 Å². The van der Waals surface area contributed by atoms with Crippen LogP contribution in [0.1, 0.15) is 32.8 Å². The Hall–Kier alpha value is -1.44. The van der Waals surface area contributed by atoms with E-state index < -0.39 is 15.6 Å². The second-order valence-corrected chi connectivity index (χ2v) is 7.57. The molecule has 0 aliphatic heterocycles. The summed E-state index contributed by atoms with van der Waals surface area (Å²) in [6, 6.07) is 4.78. The summed E-state index contributed by atoms with van der Waals surface area (Å²) in [4.78, 5) is 11.7. The fourth-order valence-corrected chi connectivity index (χ4v) is 3.47. The van der Waals surface area contributed by atoms with Gasteiger partial charge in [-0.15, -0.1) is 0 Å². The van der Waals surface area contributed by atoms with E-state index in [-0.39, 0.29) is 23.8 Å². The molecule has 0 heterocycles. The van der Waals surface area contributed by atoms with E-state index in [4.69, 9.17) is 5.73 Å². The fourth-order valence-electron chi connectivity index (χ4n) is 1.78. The Morgan fingerprint density at radius 3 is 2.43 bits per heavy atom. The molecule has 1 aromatic carbocycles. The molecule has 0 bridgehead atoms. The lowest BCUT2D eigenvalue weighted by atomic mass is 10.1. The Labute approximate surface area is 126 Å². The van der Waals surface area contributed by atoms with E-state index >= 15 is 0 Å². The zero-order valence-electron chi connectivity index (χ0n) is 12.9. The highest BCUT2D eigenvalue weighted by molar-refractivity contribution is 7.89. The van der Waals surface area contributed by atoms with Gasteiger partial charge in [-0.25, -0.2) is 13.1 Å². The maximum absolute atomic E-state index is 12.4. The number of benzene rings is 1. The van der Waals surface area contributed by atoms with Crippen molar-refractivity contribution in [1.29, 1.82) is 0 Å². The van der Waals surface area contributed by atoms with Crippen molar-refractivity contribution in [3.05, 3.63) is 23.8 Å². The van der Waals surface area contributed by atoms with Gasteiger partial charge in [0.1, 0.15) is 0 Å². The van der Waals surface area contributed by atoms with Gasteiger partial charge in [0.25, 0.3) is 0 Å². The number of amides is 1. The molecular weight excluding hydrogens is 290 g/mol. The quantitative estimate of drug-likeness (QED) is 0.764. The summed E-state index contributed by atoms with van der Waals surface area (Å²) in [6.07, 6.45) is 0.191. The van der Waals surface area contributed by atoms with Gasteiger partial charge >= 0.3 is 0 Å². The normalized spacial score (nSPS) is 12.2. The van der Waals surface area contributed by atoms with E-state index in [2.05, 4.69) is 10.0 Å². The van der Waals surface area contributed by atoms with Gasteiger partial charge in [0, 0.05) is 24.2 Å². The summed E-state index contributed by atoms with van der Waals surface area (Å²) in [6.45, 7) is 7.27. The highest BCUT2D eigenvalue weighted by Crippen LogP contribution is 2.21. The molecule has 21 heavy (non-hydrogen) atoms. The Kier molecular flexibility index (Phi) is 5.49. The first-order valence-electron chi connectivity index (χ1n) is 6.70. The average Bonchev–Trinajstić information content (AvgIpc) is 2.28. The van der Waals surface area contributed by atoms with Gasteiger partial charge in [0.2, 0.25) is 15.9 Å². The first-order valence-corrected chi connectivity index (χ1v) is 8.18. The molecule has 1 aromatic rings. The van der Waals surface area contributed by atoms with E-state index in [9.17, 15) is 13.2 Å². The minimum Gasteiger partial charge on any atom is -0.330 e. The van der Waals surface area contributed by atoms with Crippen molar-refractivity contribution in [3.8, 4) is 0 Å². The van der Waals surface area contributed by atoms with Crippen molar-refractivity contribution >= 4 is 21.6 Å². The van der Waals surface area contributed by atoms with Gasteiger partial charge in [-0.1, -0.05) is 6.07 Å². The van der Waals surface area contributed by atoms with Gasteiger partial charge in [-0.05, 0) is 45.4 Å². The minimum atomic E-state index is -3.65. The van der Waals surface area contributed by atoms with Crippen LogP contribution in [-0.2, 0) is 14.8 Å². The van der Waals surface area contributed by atoms with Gasteiger partial charge in [-0.3, -0.25) is 4.79 Å². The lowest BCUT2D eigenvalue weighted by Crippen LogP contribution is -2.40. The molecule has 4 N–H and O–H groups in total. The molecule has 6 nitrogen and oxygen atoms in total. The van der Waals surface area contributed by atoms with Crippen molar-refractivity contribution in [1.82, 2.24) is 4.72 Å². The maximum atomic E-state index is 12.4. The second kappa shape index (κ2) is 6.55. The maximum Gasteiger partial charge on any atom is 0.241 e. The molecule has 1 amide bonds. The van der Waals surface area contributed by atoms with Crippen LogP contribution in [0.2, 0.25) is 0 Å². The van der Waals surface area contributed by atoms with Gasteiger partial charge in [-0.2, -0.15) is 0 Å². The Morgan fingerprint density at radius 2 is 1.90 bits per heavy atom. The molecule has 1 rings (SSSR count). The third kappa shape index (κ3) is 5.45. The number of nitrogens with two attached hydrogens (primary N) is 1. The Morgan fingerprint density at radius 1 is 1.29 bits per heavy atom. The number of carbonyl (C=O) groups is 1. The molecule has 0 spiro atoms. The molecular formula is C14H23N3O3S. The van der Waals surface area contributed by atoms with Crippen LogP contribution in [0, 0.1) is 6.92 Å². The van der Waals surface area contributed by atoms with E-state index in [1.807, 2.05) is 0 Å². The molecule has 0 aliphatic rings. The van der Waals surface area contributed by atoms with Gasteiger partial charge < -0.3 is 11.1 Å². The summed E-state index contributed by atoms with van der Waals surface area (Å²) < 4.78 is 27.4. The number of nitrogens with one attached hydrogen (secondary N) is 2. The van der Waals surface area contributed by atoms with Gasteiger partial charge in [0.15, 0.2) is 0 Å². The summed E-state index contributed by atoms with van der Waals surface area (Å²) in [5.74, 6) is -0.242. The van der Waals surface area contributed by atoms with E-state index in [1.54, 1.807) is 39.8 Å². The van der Waals surface area contributed by atoms with Crippen LogP contribution in [0.25, 0.3) is 0 Å². The van der Waals surface area contributed by atoms with Crippen molar-refractivity contribution < 1.29 is 13.2 Å². The number of aryl methyl sites for hydroxylation is 1. The zero-order valence-corrected chi connectivity index (χ0v) is 13.7. The smallest absolute Gasteiger partial charge is 0.241 e. The monoisotopic (exact) mass is 313 g/mol. The fraction of sp³-hybridized carbons (Fsp3) is 0.500. The molecule has 0 fully saturated rings. The van der Waals surface area contributed by atoms with Crippen LogP contribution >= 0.6 is 0 Å². The third-order valence-electron chi connectivity index (χ3n) is 2.57.